The van der Waals surface area contributed by atoms with E-state index in [0.717, 1.165) is 6.29 Å². The summed E-state index contributed by atoms with van der Waals surface area (Å²) in [6.07, 6.45) is -4.97. The molecule has 1 amide bonds. The lowest BCUT2D eigenvalue weighted by molar-refractivity contribution is -0.277. The molecule has 1 heterocycles. The normalized spacial score (nSPS) is 28.4. The van der Waals surface area contributed by atoms with Crippen molar-refractivity contribution in [2.24, 2.45) is 0 Å². The molecule has 0 spiro atoms. The Morgan fingerprint density at radius 3 is 2.46 bits per heavy atom. The number of ether oxygens (including phenoxy) is 2. The fraction of sp³-hybridized carbons (Fsp3) is 0.529. The predicted octanol–water partition coefficient (Wildman–Crippen LogP) is -0.827. The summed E-state index contributed by atoms with van der Waals surface area (Å²) < 4.78 is 10.7. The van der Waals surface area contributed by atoms with Crippen molar-refractivity contribution < 1.29 is 39.5 Å². The van der Waals surface area contributed by atoms with Crippen molar-refractivity contribution in [2.45, 2.75) is 50.0 Å². The standard InChI is InChI=1S/C17H23NO8/c19-8-2-1-3-13(21)18-10-4-6-11(7-5-10)25-17-16(24)15(23)14(22)12(9-20)26-17/h4-8,12,14-17,20,22-24H,1-3,9H2,(H,18,21)/t12-,14-,15+,16+,17+/m1/s1. The van der Waals surface area contributed by atoms with Crippen LogP contribution in [-0.4, -0.2) is 69.9 Å². The number of nitrogens with one attached hydrogen (secondary N) is 1. The molecule has 0 saturated carbocycles. The molecule has 1 aliphatic heterocycles. The van der Waals surface area contributed by atoms with E-state index in [9.17, 15) is 24.9 Å². The first-order valence-electron chi connectivity index (χ1n) is 8.27. The Kier molecular flexibility index (Phi) is 7.49. The molecule has 144 valence electrons. The van der Waals surface area contributed by atoms with Gasteiger partial charge in [-0.25, -0.2) is 0 Å². The number of aliphatic hydroxyl groups excluding tert-OH is 4. The molecule has 9 heteroatoms. The smallest absolute Gasteiger partial charge is 0.229 e. The van der Waals surface area contributed by atoms with Crippen molar-refractivity contribution in [1.29, 1.82) is 0 Å². The molecule has 1 saturated heterocycles. The molecule has 26 heavy (non-hydrogen) atoms. The van der Waals surface area contributed by atoms with Crippen molar-refractivity contribution in [3.63, 3.8) is 0 Å². The van der Waals surface area contributed by atoms with Crippen LogP contribution in [0.5, 0.6) is 5.75 Å². The minimum Gasteiger partial charge on any atom is -0.462 e. The second kappa shape index (κ2) is 9.60. The Labute approximate surface area is 150 Å². The fourth-order valence-electron chi connectivity index (χ4n) is 2.49. The molecule has 0 aromatic heterocycles. The summed E-state index contributed by atoms with van der Waals surface area (Å²) in [5.41, 5.74) is 0.530. The zero-order chi connectivity index (χ0) is 19.1. The van der Waals surface area contributed by atoms with Gasteiger partial charge in [0.25, 0.3) is 0 Å². The minimum atomic E-state index is -1.52. The maximum absolute atomic E-state index is 11.7. The van der Waals surface area contributed by atoms with E-state index in [1.54, 1.807) is 12.1 Å². The van der Waals surface area contributed by atoms with Crippen molar-refractivity contribution in [2.75, 3.05) is 11.9 Å². The SMILES string of the molecule is O=CCCCC(=O)Nc1ccc(O[C@H]2O[C@H](CO)[C@@H](O)[C@H](O)[C@@H]2O)cc1. The topological polar surface area (TPSA) is 146 Å². The van der Waals surface area contributed by atoms with E-state index in [4.69, 9.17) is 14.6 Å². The van der Waals surface area contributed by atoms with Gasteiger partial charge in [-0.15, -0.1) is 0 Å². The van der Waals surface area contributed by atoms with Crippen LogP contribution in [0.25, 0.3) is 0 Å². The number of anilines is 1. The summed E-state index contributed by atoms with van der Waals surface area (Å²) in [5.74, 6) is 0.0859. The molecule has 1 fully saturated rings. The predicted molar refractivity (Wildman–Crippen MR) is 89.4 cm³/mol. The number of hydrogen-bond acceptors (Lipinski definition) is 8. The summed E-state index contributed by atoms with van der Waals surface area (Å²) in [4.78, 5) is 21.9. The lowest BCUT2D eigenvalue weighted by Gasteiger charge is -2.39. The third-order valence-corrected chi connectivity index (χ3v) is 3.96. The van der Waals surface area contributed by atoms with Gasteiger partial charge in [0.05, 0.1) is 6.61 Å². The molecule has 9 nitrogen and oxygen atoms in total. The molecule has 0 aliphatic carbocycles. The van der Waals surface area contributed by atoms with Gasteiger partial charge in [0, 0.05) is 18.5 Å². The fourth-order valence-corrected chi connectivity index (χ4v) is 2.49. The molecule has 0 radical (unpaired) electrons. The molecule has 5 atom stereocenters. The molecule has 1 aliphatic rings. The van der Waals surface area contributed by atoms with Crippen molar-refractivity contribution in [3.8, 4) is 5.75 Å². The Morgan fingerprint density at radius 2 is 1.85 bits per heavy atom. The van der Waals surface area contributed by atoms with E-state index >= 15 is 0 Å². The number of carbonyl (C=O) groups is 2. The Balaban J connectivity index is 1.92. The number of benzene rings is 1. The number of unbranched alkanes of at least 4 members (excludes halogenated alkanes) is 1. The van der Waals surface area contributed by atoms with Crippen LogP contribution in [0.4, 0.5) is 5.69 Å². The maximum Gasteiger partial charge on any atom is 0.229 e. The zero-order valence-electron chi connectivity index (χ0n) is 14.0. The van der Waals surface area contributed by atoms with Gasteiger partial charge >= 0.3 is 0 Å². The largest absolute Gasteiger partial charge is 0.462 e. The van der Waals surface area contributed by atoms with Crippen LogP contribution in [0, 0.1) is 0 Å². The molecular weight excluding hydrogens is 346 g/mol. The van der Waals surface area contributed by atoms with Gasteiger partial charge in [-0.2, -0.15) is 0 Å². The van der Waals surface area contributed by atoms with Crippen LogP contribution in [-0.2, 0) is 14.3 Å². The van der Waals surface area contributed by atoms with Crippen LogP contribution in [0.1, 0.15) is 19.3 Å². The number of hydrogen-bond donors (Lipinski definition) is 5. The summed E-state index contributed by atoms with van der Waals surface area (Å²) in [5, 5.41) is 41.2. The Morgan fingerprint density at radius 1 is 1.15 bits per heavy atom. The van der Waals surface area contributed by atoms with Gasteiger partial charge in [-0.1, -0.05) is 0 Å². The first-order chi connectivity index (χ1) is 12.5. The molecule has 1 aromatic rings. The number of aliphatic hydroxyl groups is 4. The van der Waals surface area contributed by atoms with Gasteiger partial charge in [0.2, 0.25) is 12.2 Å². The number of rotatable bonds is 8. The van der Waals surface area contributed by atoms with Crippen LogP contribution in [0.3, 0.4) is 0 Å². The van der Waals surface area contributed by atoms with Gasteiger partial charge in [-0.05, 0) is 30.7 Å². The number of aldehydes is 1. The van der Waals surface area contributed by atoms with Crippen LogP contribution < -0.4 is 10.1 Å². The lowest BCUT2D eigenvalue weighted by Crippen LogP contribution is -2.60. The number of amides is 1. The first-order valence-corrected chi connectivity index (χ1v) is 8.27. The van der Waals surface area contributed by atoms with Crippen LogP contribution >= 0.6 is 0 Å². The third-order valence-electron chi connectivity index (χ3n) is 3.96. The highest BCUT2D eigenvalue weighted by Gasteiger charge is 2.44. The van der Waals surface area contributed by atoms with E-state index in [0.29, 0.717) is 24.3 Å². The maximum atomic E-state index is 11.7. The summed E-state index contributed by atoms with van der Waals surface area (Å²) >= 11 is 0. The van der Waals surface area contributed by atoms with Crippen molar-refractivity contribution in [1.82, 2.24) is 0 Å². The van der Waals surface area contributed by atoms with E-state index in [-0.39, 0.29) is 12.3 Å². The molecule has 1 aromatic carbocycles. The first kappa shape index (κ1) is 20.3. The van der Waals surface area contributed by atoms with Gasteiger partial charge < -0.3 is 40.0 Å². The Bertz CT molecular complexity index is 591. The second-order valence-electron chi connectivity index (χ2n) is 5.95. The van der Waals surface area contributed by atoms with Crippen molar-refractivity contribution >= 4 is 17.9 Å². The highest BCUT2D eigenvalue weighted by molar-refractivity contribution is 5.90. The Hall–Kier alpha value is -2.04. The molecular formula is C17H23NO8. The van der Waals surface area contributed by atoms with Crippen LogP contribution in [0.15, 0.2) is 24.3 Å². The quantitative estimate of drug-likeness (QED) is 0.295. The summed E-state index contributed by atoms with van der Waals surface area (Å²) in [6.45, 7) is -0.542. The average Bonchev–Trinajstić information content (AvgIpc) is 2.64. The zero-order valence-corrected chi connectivity index (χ0v) is 14.0. The van der Waals surface area contributed by atoms with E-state index in [1.165, 1.54) is 12.1 Å². The minimum absolute atomic E-state index is 0.213. The average molecular weight is 369 g/mol. The van der Waals surface area contributed by atoms with E-state index in [2.05, 4.69) is 5.32 Å². The highest BCUT2D eigenvalue weighted by atomic mass is 16.7. The lowest BCUT2D eigenvalue weighted by atomic mass is 9.99. The van der Waals surface area contributed by atoms with Gasteiger partial charge in [0.1, 0.15) is 36.5 Å². The molecule has 2 rings (SSSR count). The number of carbonyl (C=O) groups excluding carboxylic acids is 2. The second-order valence-corrected chi connectivity index (χ2v) is 5.95. The summed E-state index contributed by atoms with van der Waals surface area (Å²) in [7, 11) is 0. The van der Waals surface area contributed by atoms with Gasteiger partial charge in [0.15, 0.2) is 0 Å². The third kappa shape index (κ3) is 5.23. The molecule has 5 N–H and O–H groups in total. The molecule has 0 unspecified atom stereocenters. The summed E-state index contributed by atoms with van der Waals surface area (Å²) in [6, 6.07) is 6.22. The monoisotopic (exact) mass is 369 g/mol. The van der Waals surface area contributed by atoms with Crippen molar-refractivity contribution in [3.05, 3.63) is 24.3 Å². The van der Waals surface area contributed by atoms with E-state index in [1.807, 2.05) is 0 Å². The highest BCUT2D eigenvalue weighted by Crippen LogP contribution is 2.25. The van der Waals surface area contributed by atoms with Crippen LogP contribution in [0.2, 0.25) is 0 Å². The van der Waals surface area contributed by atoms with E-state index < -0.39 is 37.3 Å². The molecule has 0 bridgehead atoms. The van der Waals surface area contributed by atoms with Gasteiger partial charge in [-0.3, -0.25) is 4.79 Å².